The minimum atomic E-state index is -0.976. The normalized spacial score (nSPS) is 21.2. The smallest absolute Gasteiger partial charge is 0.305 e. The van der Waals surface area contributed by atoms with Crippen LogP contribution < -0.4 is 0 Å². The Morgan fingerprint density at radius 1 is 1.06 bits per heavy atom. The lowest BCUT2D eigenvalue weighted by Crippen LogP contribution is -2.27. The molecule has 1 atom stereocenters. The van der Waals surface area contributed by atoms with E-state index in [1.807, 2.05) is 30.3 Å². The van der Waals surface area contributed by atoms with Gasteiger partial charge in [-0.2, -0.15) is 0 Å². The average Bonchev–Trinajstić information content (AvgIpc) is 3.22. The Labute approximate surface area is 191 Å². The summed E-state index contributed by atoms with van der Waals surface area (Å²) in [6.45, 7) is 0.0293. The second kappa shape index (κ2) is 9.94. The molecule has 1 heterocycles. The van der Waals surface area contributed by atoms with Crippen molar-refractivity contribution in [3.63, 3.8) is 0 Å². The van der Waals surface area contributed by atoms with Crippen LogP contribution in [0.4, 0.5) is 0 Å². The molecule has 2 N–H and O–H groups in total. The number of carbonyl (C=O) groups is 3. The van der Waals surface area contributed by atoms with Crippen molar-refractivity contribution in [3.05, 3.63) is 64.2 Å². The zero-order chi connectivity index (χ0) is 23.4. The van der Waals surface area contributed by atoms with Crippen molar-refractivity contribution < 1.29 is 29.1 Å². The van der Waals surface area contributed by atoms with Gasteiger partial charge in [0.15, 0.2) is 11.6 Å². The lowest BCUT2D eigenvalue weighted by atomic mass is 9.78. The van der Waals surface area contributed by atoms with Gasteiger partial charge in [0, 0.05) is 44.4 Å². The molecule has 0 amide bonds. The SMILES string of the molecule is O=C(O)CCN=C1CC(c2ccccc2)CC(=O)C1=C(O)CCc1noc2c1C(=O)CCC2. The Kier molecular flexibility index (Phi) is 6.82. The third kappa shape index (κ3) is 5.10. The van der Waals surface area contributed by atoms with Crippen molar-refractivity contribution in [3.8, 4) is 0 Å². The Bertz CT molecular complexity index is 1130. The van der Waals surface area contributed by atoms with Crippen LogP contribution in [0.15, 0.2) is 51.2 Å². The summed E-state index contributed by atoms with van der Waals surface area (Å²) >= 11 is 0. The van der Waals surface area contributed by atoms with E-state index < -0.39 is 5.97 Å². The van der Waals surface area contributed by atoms with E-state index in [1.165, 1.54) is 0 Å². The maximum atomic E-state index is 13.1. The molecule has 33 heavy (non-hydrogen) atoms. The predicted molar refractivity (Wildman–Crippen MR) is 120 cm³/mol. The van der Waals surface area contributed by atoms with Crippen molar-refractivity contribution >= 4 is 23.2 Å². The molecule has 0 saturated heterocycles. The zero-order valence-electron chi connectivity index (χ0n) is 18.2. The van der Waals surface area contributed by atoms with E-state index in [9.17, 15) is 19.5 Å². The molecule has 1 aromatic heterocycles. The van der Waals surface area contributed by atoms with Crippen LogP contribution in [0.5, 0.6) is 0 Å². The third-order valence-corrected chi connectivity index (χ3v) is 6.15. The fourth-order valence-electron chi connectivity index (χ4n) is 4.53. The number of allylic oxidation sites excluding steroid dienone is 2. The number of carboxylic acids is 1. The van der Waals surface area contributed by atoms with Gasteiger partial charge in [-0.3, -0.25) is 19.4 Å². The number of hydrogen-bond acceptors (Lipinski definition) is 7. The summed E-state index contributed by atoms with van der Waals surface area (Å²) < 4.78 is 5.30. The Morgan fingerprint density at radius 2 is 1.85 bits per heavy atom. The van der Waals surface area contributed by atoms with Gasteiger partial charge >= 0.3 is 5.97 Å². The number of benzene rings is 1. The van der Waals surface area contributed by atoms with Crippen LogP contribution >= 0.6 is 0 Å². The molecule has 4 rings (SSSR count). The van der Waals surface area contributed by atoms with E-state index in [4.69, 9.17) is 9.63 Å². The molecule has 0 bridgehead atoms. The first-order valence-corrected chi connectivity index (χ1v) is 11.2. The highest BCUT2D eigenvalue weighted by molar-refractivity contribution is 6.24. The van der Waals surface area contributed by atoms with Crippen molar-refractivity contribution in [2.45, 2.75) is 57.3 Å². The van der Waals surface area contributed by atoms with Crippen molar-refractivity contribution in [1.82, 2.24) is 5.16 Å². The highest BCUT2D eigenvalue weighted by atomic mass is 16.5. The molecular formula is C25H26N2O6. The second-order valence-corrected chi connectivity index (χ2v) is 8.44. The summed E-state index contributed by atoms with van der Waals surface area (Å²) in [7, 11) is 0. The number of Topliss-reactive ketones (excluding diaryl/α,β-unsaturated/α-hetero) is 2. The summed E-state index contributed by atoms with van der Waals surface area (Å²) in [6.07, 6.45) is 2.75. The predicted octanol–water partition coefficient (Wildman–Crippen LogP) is 4.00. The number of aliphatic carboxylic acids is 1. The number of carboxylic acid groups (broad SMARTS) is 1. The first kappa shape index (κ1) is 22.6. The summed E-state index contributed by atoms with van der Waals surface area (Å²) in [4.78, 5) is 40.7. The number of rotatable bonds is 7. The van der Waals surface area contributed by atoms with Gasteiger partial charge in [-0.1, -0.05) is 35.5 Å². The summed E-state index contributed by atoms with van der Waals surface area (Å²) in [5.74, 6) is -0.811. The molecular weight excluding hydrogens is 424 g/mol. The van der Waals surface area contributed by atoms with Gasteiger partial charge in [-0.05, 0) is 24.3 Å². The van der Waals surface area contributed by atoms with Gasteiger partial charge in [0.1, 0.15) is 11.5 Å². The van der Waals surface area contributed by atoms with Gasteiger partial charge < -0.3 is 14.7 Å². The molecule has 2 aromatic rings. The van der Waals surface area contributed by atoms with E-state index >= 15 is 0 Å². The fraction of sp³-hybridized carbons (Fsp3) is 0.400. The zero-order valence-corrected chi connectivity index (χ0v) is 18.2. The number of aromatic nitrogens is 1. The van der Waals surface area contributed by atoms with Crippen LogP contribution in [-0.4, -0.2) is 45.2 Å². The monoisotopic (exact) mass is 450 g/mol. The van der Waals surface area contributed by atoms with Crippen LogP contribution in [0.3, 0.4) is 0 Å². The lowest BCUT2D eigenvalue weighted by molar-refractivity contribution is -0.136. The van der Waals surface area contributed by atoms with Crippen LogP contribution in [-0.2, 0) is 22.4 Å². The van der Waals surface area contributed by atoms with Gasteiger partial charge in [0.2, 0.25) is 0 Å². The molecule has 1 fully saturated rings. The average molecular weight is 450 g/mol. The number of aliphatic hydroxyl groups excluding tert-OH is 1. The second-order valence-electron chi connectivity index (χ2n) is 8.44. The number of aliphatic hydroxyl groups is 1. The molecule has 1 unspecified atom stereocenters. The van der Waals surface area contributed by atoms with Crippen LogP contribution in [0, 0.1) is 0 Å². The van der Waals surface area contributed by atoms with Crippen LogP contribution in [0.2, 0.25) is 0 Å². The molecule has 0 aliphatic heterocycles. The van der Waals surface area contributed by atoms with E-state index in [-0.39, 0.29) is 61.0 Å². The molecule has 172 valence electrons. The van der Waals surface area contributed by atoms with E-state index in [0.717, 1.165) is 12.0 Å². The highest BCUT2D eigenvalue weighted by Crippen LogP contribution is 2.34. The number of nitrogens with zero attached hydrogens (tertiary/aromatic N) is 2. The van der Waals surface area contributed by atoms with Crippen molar-refractivity contribution in [2.24, 2.45) is 4.99 Å². The first-order chi connectivity index (χ1) is 15.9. The fourth-order valence-corrected chi connectivity index (χ4v) is 4.53. The number of aliphatic imine (C=N–C) groups is 1. The largest absolute Gasteiger partial charge is 0.511 e. The molecule has 8 nitrogen and oxygen atoms in total. The third-order valence-electron chi connectivity index (χ3n) is 6.15. The standard InChI is InChI=1S/C25H26N2O6/c28-19-7-4-8-22-25(19)17(27-33-22)9-10-20(29)24-18(26-12-11-23(31)32)13-16(14-21(24)30)15-5-2-1-3-6-15/h1-3,5-6,16,29H,4,7-14H2,(H,31,32). The number of aryl methyl sites for hydroxylation is 2. The van der Waals surface area contributed by atoms with Crippen molar-refractivity contribution in [1.29, 1.82) is 0 Å². The van der Waals surface area contributed by atoms with E-state index in [1.54, 1.807) is 0 Å². The number of hydrogen-bond donors (Lipinski definition) is 2. The Hall–Kier alpha value is -3.55. The lowest BCUT2D eigenvalue weighted by Gasteiger charge is -2.26. The maximum Gasteiger partial charge on any atom is 0.305 e. The van der Waals surface area contributed by atoms with Gasteiger partial charge in [-0.25, -0.2) is 0 Å². The van der Waals surface area contributed by atoms with E-state index in [2.05, 4.69) is 10.1 Å². The number of ketones is 2. The van der Waals surface area contributed by atoms with E-state index in [0.29, 0.717) is 42.0 Å². The van der Waals surface area contributed by atoms with Gasteiger partial charge in [0.05, 0.1) is 23.3 Å². The first-order valence-electron chi connectivity index (χ1n) is 11.2. The van der Waals surface area contributed by atoms with Gasteiger partial charge in [0.25, 0.3) is 0 Å². The summed E-state index contributed by atoms with van der Waals surface area (Å²) in [5.41, 5.74) is 2.60. The quantitative estimate of drug-likeness (QED) is 0.481. The Balaban J connectivity index is 1.57. The molecule has 2 aliphatic carbocycles. The number of fused-ring (bicyclic) bond motifs is 1. The van der Waals surface area contributed by atoms with Crippen molar-refractivity contribution in [2.75, 3.05) is 6.54 Å². The summed E-state index contributed by atoms with van der Waals surface area (Å²) in [6, 6.07) is 9.62. The molecule has 0 spiro atoms. The minimum absolute atomic E-state index is 0.00462. The highest BCUT2D eigenvalue weighted by Gasteiger charge is 2.33. The van der Waals surface area contributed by atoms with Crippen LogP contribution in [0.25, 0.3) is 0 Å². The Morgan fingerprint density at radius 3 is 2.61 bits per heavy atom. The number of carbonyl (C=O) groups excluding carboxylic acids is 2. The summed E-state index contributed by atoms with van der Waals surface area (Å²) in [5, 5.41) is 23.8. The van der Waals surface area contributed by atoms with Crippen LogP contribution in [0.1, 0.15) is 71.8 Å². The molecule has 1 aromatic carbocycles. The molecule has 0 radical (unpaired) electrons. The minimum Gasteiger partial charge on any atom is -0.511 e. The maximum absolute atomic E-state index is 13.1. The molecule has 2 aliphatic rings. The van der Waals surface area contributed by atoms with Gasteiger partial charge in [-0.15, -0.1) is 0 Å². The molecule has 1 saturated carbocycles. The molecule has 8 heteroatoms. The topological polar surface area (TPSA) is 130 Å².